The molecule has 206 valence electrons. The Morgan fingerprint density at radius 2 is 1.27 bits per heavy atom. The summed E-state index contributed by atoms with van der Waals surface area (Å²) in [4.78, 5) is 26.4. The molecule has 0 unspecified atom stereocenters. The van der Waals surface area contributed by atoms with Crippen LogP contribution in [0.5, 0.6) is 17.2 Å². The van der Waals surface area contributed by atoms with Crippen LogP contribution in [0.4, 0.5) is 0 Å². The zero-order valence-electron chi connectivity index (χ0n) is 22.5. The molecule has 9 nitrogen and oxygen atoms in total. The molecule has 0 aliphatic heterocycles. The van der Waals surface area contributed by atoms with E-state index >= 15 is 0 Å². The number of hydrogen-bond acceptors (Lipinski definition) is 8. The third kappa shape index (κ3) is 7.42. The van der Waals surface area contributed by atoms with Crippen molar-refractivity contribution in [2.75, 3.05) is 7.11 Å². The number of Topliss-reactive ketones (excluding diaryl/α,β-unsaturated/α-hetero) is 2. The topological polar surface area (TPSA) is 105 Å². The summed E-state index contributed by atoms with van der Waals surface area (Å²) in [7, 11) is 1.59. The molecule has 0 atom stereocenters. The van der Waals surface area contributed by atoms with Gasteiger partial charge in [0.25, 0.3) is 0 Å². The molecule has 41 heavy (non-hydrogen) atoms. The molecule has 0 aliphatic carbocycles. The first kappa shape index (κ1) is 27.3. The Kier molecular flexibility index (Phi) is 8.75. The van der Waals surface area contributed by atoms with Crippen molar-refractivity contribution < 1.29 is 23.8 Å². The molecule has 1 aromatic heterocycles. The maximum Gasteiger partial charge on any atom is 0.218 e. The second-order valence-electron chi connectivity index (χ2n) is 9.27. The molecule has 5 rings (SSSR count). The number of ether oxygens (including phenoxy) is 3. The largest absolute Gasteiger partial charge is 0.497 e. The quantitative estimate of drug-likeness (QED) is 0.143. The lowest BCUT2D eigenvalue weighted by Gasteiger charge is -2.12. The van der Waals surface area contributed by atoms with Gasteiger partial charge in [-0.1, -0.05) is 72.8 Å². The number of aromatic nitrogens is 4. The first-order valence-electron chi connectivity index (χ1n) is 13.0. The standard InChI is InChI=1S/C32H28N4O5/c1-39-27-14-12-23(13-15-27)20-36-32(33-34-35-36)31(38)19-30(37)26-16-28(40-21-24-8-4-2-5-9-24)18-29(17-26)41-22-25-10-6-3-7-11-25/h2-18H,19-22H2,1H3. The molecule has 5 aromatic rings. The first-order chi connectivity index (χ1) is 20.1. The lowest BCUT2D eigenvalue weighted by atomic mass is 10.0. The number of ketones is 2. The third-order valence-electron chi connectivity index (χ3n) is 6.29. The Labute approximate surface area is 237 Å². The fraction of sp³-hybridized carbons (Fsp3) is 0.156. The van der Waals surface area contributed by atoms with E-state index in [1.54, 1.807) is 25.3 Å². The highest BCUT2D eigenvalue weighted by molar-refractivity contribution is 6.12. The smallest absolute Gasteiger partial charge is 0.218 e. The number of hydrogen-bond donors (Lipinski definition) is 0. The van der Waals surface area contributed by atoms with Crippen molar-refractivity contribution in [1.82, 2.24) is 20.2 Å². The first-order valence-corrected chi connectivity index (χ1v) is 13.0. The van der Waals surface area contributed by atoms with Gasteiger partial charge < -0.3 is 14.2 Å². The molecule has 0 N–H and O–H groups in total. The summed E-state index contributed by atoms with van der Waals surface area (Å²) < 4.78 is 18.6. The predicted octanol–water partition coefficient (Wildman–Crippen LogP) is 5.34. The van der Waals surface area contributed by atoms with Crippen molar-refractivity contribution in [2.45, 2.75) is 26.2 Å². The van der Waals surface area contributed by atoms with E-state index in [1.165, 1.54) is 4.68 Å². The Hall–Kier alpha value is -5.31. The minimum absolute atomic E-state index is 0.00574. The van der Waals surface area contributed by atoms with Crippen LogP contribution in [0.1, 0.15) is 44.1 Å². The van der Waals surface area contributed by atoms with Crippen molar-refractivity contribution in [3.05, 3.63) is 131 Å². The number of carbonyl (C=O) groups excluding carboxylic acids is 2. The fourth-order valence-electron chi connectivity index (χ4n) is 4.12. The van der Waals surface area contributed by atoms with Gasteiger partial charge in [-0.2, -0.15) is 0 Å². The normalized spacial score (nSPS) is 10.7. The number of carbonyl (C=O) groups is 2. The molecule has 0 saturated heterocycles. The monoisotopic (exact) mass is 548 g/mol. The van der Waals surface area contributed by atoms with Crippen molar-refractivity contribution in [3.63, 3.8) is 0 Å². The SMILES string of the molecule is COc1ccc(Cn2nnnc2C(=O)CC(=O)c2cc(OCc3ccccc3)cc(OCc3ccccc3)c2)cc1. The number of benzene rings is 4. The minimum Gasteiger partial charge on any atom is -0.497 e. The highest BCUT2D eigenvalue weighted by atomic mass is 16.5. The van der Waals surface area contributed by atoms with E-state index in [9.17, 15) is 9.59 Å². The van der Waals surface area contributed by atoms with Crippen LogP contribution in [0.25, 0.3) is 0 Å². The Morgan fingerprint density at radius 3 is 1.83 bits per heavy atom. The summed E-state index contributed by atoms with van der Waals surface area (Å²) in [5.74, 6) is 0.749. The Morgan fingerprint density at radius 1 is 0.683 bits per heavy atom. The number of tetrazole rings is 1. The van der Waals surface area contributed by atoms with Gasteiger partial charge in [-0.15, -0.1) is 5.10 Å². The lowest BCUT2D eigenvalue weighted by molar-refractivity contribution is 0.0884. The van der Waals surface area contributed by atoms with Crippen molar-refractivity contribution in [2.24, 2.45) is 0 Å². The highest BCUT2D eigenvalue weighted by Crippen LogP contribution is 2.26. The second-order valence-corrected chi connectivity index (χ2v) is 9.27. The van der Waals surface area contributed by atoms with Gasteiger partial charge >= 0.3 is 0 Å². The van der Waals surface area contributed by atoms with E-state index in [0.29, 0.717) is 30.3 Å². The van der Waals surface area contributed by atoms with Gasteiger partial charge in [0.15, 0.2) is 5.78 Å². The van der Waals surface area contributed by atoms with Gasteiger partial charge in [0.2, 0.25) is 11.6 Å². The number of nitrogens with zero attached hydrogens (tertiary/aromatic N) is 4. The van der Waals surface area contributed by atoms with Crippen LogP contribution >= 0.6 is 0 Å². The van der Waals surface area contributed by atoms with Crippen LogP contribution < -0.4 is 14.2 Å². The van der Waals surface area contributed by atoms with Crippen LogP contribution in [-0.4, -0.2) is 38.9 Å². The molecule has 9 heteroatoms. The molecule has 0 bridgehead atoms. The van der Waals surface area contributed by atoms with Crippen molar-refractivity contribution in [3.8, 4) is 17.2 Å². The van der Waals surface area contributed by atoms with Crippen molar-refractivity contribution in [1.29, 1.82) is 0 Å². The van der Waals surface area contributed by atoms with Crippen LogP contribution in [0, 0.1) is 0 Å². The average Bonchev–Trinajstić information content (AvgIpc) is 3.48. The van der Waals surface area contributed by atoms with Gasteiger partial charge in [-0.05, 0) is 51.4 Å². The third-order valence-corrected chi connectivity index (χ3v) is 6.29. The zero-order chi connectivity index (χ0) is 28.4. The minimum atomic E-state index is -0.490. The van der Waals surface area contributed by atoms with Gasteiger partial charge in [0.05, 0.1) is 20.1 Å². The van der Waals surface area contributed by atoms with E-state index in [4.69, 9.17) is 14.2 Å². The van der Waals surface area contributed by atoms with Gasteiger partial charge in [0, 0.05) is 11.6 Å². The molecule has 0 radical (unpaired) electrons. The van der Waals surface area contributed by atoms with Gasteiger partial charge in [0.1, 0.15) is 30.5 Å². The van der Waals surface area contributed by atoms with Crippen LogP contribution in [0.3, 0.4) is 0 Å². The summed E-state index contributed by atoms with van der Waals surface area (Å²) >= 11 is 0. The molecule has 1 heterocycles. The number of rotatable bonds is 13. The van der Waals surface area contributed by atoms with Crippen LogP contribution in [0.2, 0.25) is 0 Å². The highest BCUT2D eigenvalue weighted by Gasteiger charge is 2.21. The molecular formula is C32H28N4O5. The average molecular weight is 549 g/mol. The summed E-state index contributed by atoms with van der Waals surface area (Å²) in [5, 5.41) is 11.5. The summed E-state index contributed by atoms with van der Waals surface area (Å²) in [5.41, 5.74) is 3.13. The Balaban J connectivity index is 1.31. The van der Waals surface area contributed by atoms with Gasteiger partial charge in [-0.3, -0.25) is 9.59 Å². The maximum atomic E-state index is 13.3. The molecule has 0 aliphatic rings. The molecule has 4 aromatic carbocycles. The van der Waals surface area contributed by atoms with E-state index in [-0.39, 0.29) is 12.4 Å². The van der Waals surface area contributed by atoms with E-state index in [0.717, 1.165) is 22.4 Å². The molecule has 0 amide bonds. The van der Waals surface area contributed by atoms with E-state index in [2.05, 4.69) is 15.5 Å². The van der Waals surface area contributed by atoms with E-state index < -0.39 is 18.0 Å². The summed E-state index contributed by atoms with van der Waals surface area (Å²) in [6.45, 7) is 0.901. The molecular weight excluding hydrogens is 520 g/mol. The summed E-state index contributed by atoms with van der Waals surface area (Å²) in [6, 6.07) is 31.7. The zero-order valence-corrected chi connectivity index (χ0v) is 22.5. The van der Waals surface area contributed by atoms with Gasteiger partial charge in [-0.25, -0.2) is 4.68 Å². The predicted molar refractivity (Wildman–Crippen MR) is 151 cm³/mol. The van der Waals surface area contributed by atoms with Crippen LogP contribution in [0.15, 0.2) is 103 Å². The van der Waals surface area contributed by atoms with E-state index in [1.807, 2.05) is 84.9 Å². The molecule has 0 fully saturated rings. The lowest BCUT2D eigenvalue weighted by Crippen LogP contribution is -2.16. The Bertz CT molecular complexity index is 1540. The number of methoxy groups -OCH3 is 1. The maximum absolute atomic E-state index is 13.3. The van der Waals surface area contributed by atoms with Crippen LogP contribution in [-0.2, 0) is 19.8 Å². The second kappa shape index (κ2) is 13.2. The fourth-order valence-corrected chi connectivity index (χ4v) is 4.12. The summed E-state index contributed by atoms with van der Waals surface area (Å²) in [6.07, 6.45) is -0.413. The molecule has 0 saturated carbocycles. The molecule has 0 spiro atoms. The van der Waals surface area contributed by atoms with Crippen molar-refractivity contribution >= 4 is 11.6 Å².